The van der Waals surface area contributed by atoms with E-state index in [9.17, 15) is 9.59 Å². The lowest BCUT2D eigenvalue weighted by Crippen LogP contribution is -2.44. The Bertz CT molecular complexity index is 865. The summed E-state index contributed by atoms with van der Waals surface area (Å²) in [4.78, 5) is 31.2. The summed E-state index contributed by atoms with van der Waals surface area (Å²) in [6.07, 6.45) is 1.47. The lowest BCUT2D eigenvalue weighted by Gasteiger charge is -2.34. The number of methoxy groups -OCH3 is 1. The standard InChI is InChI=1S/C23H30N2O3S/c1-15(2)24(4)22(26)18-10-12-25(13-11-18)23(27)21-14-20(16(3)29-21)17-6-8-19(28-5)9-7-17/h6-9,14-15,18H,10-13H2,1-5H3. The van der Waals surface area contributed by atoms with Crippen LogP contribution in [0.1, 0.15) is 41.2 Å². The summed E-state index contributed by atoms with van der Waals surface area (Å²) in [5.74, 6) is 1.10. The van der Waals surface area contributed by atoms with Gasteiger partial charge in [0.1, 0.15) is 5.75 Å². The predicted molar refractivity (Wildman–Crippen MR) is 118 cm³/mol. The number of hydrogen-bond donors (Lipinski definition) is 0. The second-order valence-corrected chi connectivity index (χ2v) is 9.17. The number of nitrogens with zero attached hydrogens (tertiary/aromatic N) is 2. The number of hydrogen-bond acceptors (Lipinski definition) is 4. The monoisotopic (exact) mass is 414 g/mol. The van der Waals surface area contributed by atoms with Crippen molar-refractivity contribution in [3.63, 3.8) is 0 Å². The Labute approximate surface area is 177 Å². The molecule has 2 aromatic rings. The number of piperidine rings is 1. The first-order valence-electron chi connectivity index (χ1n) is 10.1. The van der Waals surface area contributed by atoms with Gasteiger partial charge in [0.25, 0.3) is 5.91 Å². The van der Waals surface area contributed by atoms with Crippen LogP contribution < -0.4 is 4.74 Å². The summed E-state index contributed by atoms with van der Waals surface area (Å²) >= 11 is 1.54. The summed E-state index contributed by atoms with van der Waals surface area (Å²) in [7, 11) is 3.51. The van der Waals surface area contributed by atoms with Crippen LogP contribution in [-0.2, 0) is 4.79 Å². The Morgan fingerprint density at radius 1 is 1.17 bits per heavy atom. The Morgan fingerprint density at radius 2 is 1.79 bits per heavy atom. The fourth-order valence-electron chi connectivity index (χ4n) is 3.67. The van der Waals surface area contributed by atoms with Gasteiger partial charge in [-0.1, -0.05) is 12.1 Å². The maximum absolute atomic E-state index is 13.0. The minimum Gasteiger partial charge on any atom is -0.497 e. The third-order valence-corrected chi connectivity index (χ3v) is 6.82. The second kappa shape index (κ2) is 8.99. The van der Waals surface area contributed by atoms with E-state index in [1.54, 1.807) is 7.11 Å². The van der Waals surface area contributed by atoms with Crippen molar-refractivity contribution in [2.24, 2.45) is 5.92 Å². The molecule has 1 saturated heterocycles. The lowest BCUT2D eigenvalue weighted by atomic mass is 9.95. The van der Waals surface area contributed by atoms with E-state index in [4.69, 9.17) is 4.74 Å². The number of carbonyl (C=O) groups excluding carboxylic acids is 2. The van der Waals surface area contributed by atoms with Gasteiger partial charge in [0.2, 0.25) is 5.91 Å². The molecule has 0 aliphatic carbocycles. The number of benzene rings is 1. The molecule has 0 N–H and O–H groups in total. The normalized spacial score (nSPS) is 14.9. The van der Waals surface area contributed by atoms with Crippen molar-refractivity contribution in [1.82, 2.24) is 9.80 Å². The molecule has 1 fully saturated rings. The molecule has 3 rings (SSSR count). The minimum absolute atomic E-state index is 0.0198. The Morgan fingerprint density at radius 3 is 2.34 bits per heavy atom. The summed E-state index contributed by atoms with van der Waals surface area (Å²) in [6.45, 7) is 7.37. The SMILES string of the molecule is COc1ccc(-c2cc(C(=O)N3CCC(C(=O)N(C)C(C)C)CC3)sc2C)cc1. The van der Waals surface area contributed by atoms with E-state index in [1.165, 1.54) is 11.3 Å². The molecule has 0 unspecified atom stereocenters. The molecule has 0 saturated carbocycles. The predicted octanol–water partition coefficient (Wildman–Crippen LogP) is 4.45. The van der Waals surface area contributed by atoms with Crippen LogP contribution >= 0.6 is 11.3 Å². The molecule has 1 aromatic heterocycles. The Hall–Kier alpha value is -2.34. The fourth-order valence-corrected chi connectivity index (χ4v) is 4.68. The Kier molecular flexibility index (Phi) is 6.63. The van der Waals surface area contributed by atoms with Crippen LogP contribution in [0.15, 0.2) is 30.3 Å². The molecule has 0 atom stereocenters. The average Bonchev–Trinajstić information content (AvgIpc) is 3.13. The van der Waals surface area contributed by atoms with Crippen molar-refractivity contribution in [2.45, 2.75) is 39.7 Å². The largest absolute Gasteiger partial charge is 0.497 e. The molecular weight excluding hydrogens is 384 g/mol. The molecule has 0 spiro atoms. The van der Waals surface area contributed by atoms with Gasteiger partial charge in [0.05, 0.1) is 12.0 Å². The van der Waals surface area contributed by atoms with Gasteiger partial charge >= 0.3 is 0 Å². The van der Waals surface area contributed by atoms with Gasteiger partial charge in [0, 0.05) is 37.0 Å². The zero-order valence-electron chi connectivity index (χ0n) is 17.9. The smallest absolute Gasteiger partial charge is 0.263 e. The third-order valence-electron chi connectivity index (χ3n) is 5.78. The number of aryl methyl sites for hydroxylation is 1. The van der Waals surface area contributed by atoms with E-state index < -0.39 is 0 Å². The molecule has 1 aliphatic heterocycles. The maximum atomic E-state index is 13.0. The number of ether oxygens (including phenoxy) is 1. The van der Waals surface area contributed by atoms with Crippen LogP contribution in [0.5, 0.6) is 5.75 Å². The van der Waals surface area contributed by atoms with E-state index in [1.807, 2.05) is 68.0 Å². The third kappa shape index (κ3) is 4.64. The molecule has 1 aromatic carbocycles. The van der Waals surface area contributed by atoms with Crippen LogP contribution in [0.25, 0.3) is 11.1 Å². The Balaban J connectivity index is 1.66. The van der Waals surface area contributed by atoms with E-state index in [0.29, 0.717) is 13.1 Å². The van der Waals surface area contributed by atoms with E-state index in [0.717, 1.165) is 39.5 Å². The maximum Gasteiger partial charge on any atom is 0.263 e. The van der Waals surface area contributed by atoms with Gasteiger partial charge in [-0.2, -0.15) is 0 Å². The highest BCUT2D eigenvalue weighted by Crippen LogP contribution is 2.33. The van der Waals surface area contributed by atoms with Crippen LogP contribution in [-0.4, -0.2) is 54.9 Å². The molecule has 0 bridgehead atoms. The summed E-state index contributed by atoms with van der Waals surface area (Å²) in [5, 5.41) is 0. The quantitative estimate of drug-likeness (QED) is 0.726. The van der Waals surface area contributed by atoms with Crippen molar-refractivity contribution in [3.05, 3.63) is 40.1 Å². The summed E-state index contributed by atoms with van der Waals surface area (Å²) in [5.41, 5.74) is 2.17. The van der Waals surface area contributed by atoms with Gasteiger partial charge in [-0.05, 0) is 62.9 Å². The lowest BCUT2D eigenvalue weighted by molar-refractivity contribution is -0.137. The molecule has 156 valence electrons. The van der Waals surface area contributed by atoms with Gasteiger partial charge in [-0.3, -0.25) is 9.59 Å². The first-order chi connectivity index (χ1) is 13.8. The summed E-state index contributed by atoms with van der Waals surface area (Å²) < 4.78 is 5.23. The number of carbonyl (C=O) groups is 2. The van der Waals surface area contributed by atoms with Gasteiger partial charge in [-0.25, -0.2) is 0 Å². The summed E-state index contributed by atoms with van der Waals surface area (Å²) in [6, 6.07) is 10.1. The zero-order valence-corrected chi connectivity index (χ0v) is 18.7. The number of thiophene rings is 1. The molecule has 6 heteroatoms. The first-order valence-corrected chi connectivity index (χ1v) is 10.9. The van der Waals surface area contributed by atoms with E-state index in [-0.39, 0.29) is 23.8 Å². The molecule has 2 amide bonds. The fraction of sp³-hybridized carbons (Fsp3) is 0.478. The number of rotatable bonds is 5. The molecule has 2 heterocycles. The van der Waals surface area contributed by atoms with E-state index in [2.05, 4.69) is 0 Å². The molecule has 1 aliphatic rings. The zero-order chi connectivity index (χ0) is 21.1. The van der Waals surface area contributed by atoms with Crippen molar-refractivity contribution in [3.8, 4) is 16.9 Å². The minimum atomic E-state index is 0.0198. The van der Waals surface area contributed by atoms with Crippen LogP contribution in [0.3, 0.4) is 0 Å². The number of likely N-dealkylation sites (tertiary alicyclic amines) is 1. The topological polar surface area (TPSA) is 49.9 Å². The van der Waals surface area contributed by atoms with Crippen molar-refractivity contribution in [2.75, 3.05) is 27.2 Å². The van der Waals surface area contributed by atoms with Crippen LogP contribution in [0, 0.1) is 12.8 Å². The van der Waals surface area contributed by atoms with Gasteiger partial charge in [0.15, 0.2) is 0 Å². The van der Waals surface area contributed by atoms with Crippen molar-refractivity contribution < 1.29 is 14.3 Å². The average molecular weight is 415 g/mol. The van der Waals surface area contributed by atoms with Gasteiger partial charge in [-0.15, -0.1) is 11.3 Å². The van der Waals surface area contributed by atoms with Crippen LogP contribution in [0.2, 0.25) is 0 Å². The molecule has 0 radical (unpaired) electrons. The molecular formula is C23H30N2O3S. The van der Waals surface area contributed by atoms with Crippen molar-refractivity contribution in [1.29, 1.82) is 0 Å². The molecule has 5 nitrogen and oxygen atoms in total. The molecule has 29 heavy (non-hydrogen) atoms. The highest BCUT2D eigenvalue weighted by Gasteiger charge is 2.30. The second-order valence-electron chi connectivity index (χ2n) is 7.92. The number of amides is 2. The first kappa shape index (κ1) is 21.4. The van der Waals surface area contributed by atoms with Crippen LogP contribution in [0.4, 0.5) is 0 Å². The highest BCUT2D eigenvalue weighted by atomic mass is 32.1. The van der Waals surface area contributed by atoms with E-state index >= 15 is 0 Å². The highest BCUT2D eigenvalue weighted by molar-refractivity contribution is 7.14. The van der Waals surface area contributed by atoms with Crippen molar-refractivity contribution >= 4 is 23.2 Å². The van der Waals surface area contributed by atoms with Gasteiger partial charge < -0.3 is 14.5 Å².